The number of esters is 1. The first-order chi connectivity index (χ1) is 33.1. The smallest absolute Gasteiger partial charge is 0.315 e. The SMILES string of the molecule is C[C@@H]1[C@H](O)[C@@H](C)/C=C/C=C/C=C/C=C/C=C/C=C/C=C/[C@H](O[C@@H]2O[C@H](C)[C@@H](O)[C@H](N)[C@@H]2O)C[C@@H]2O[C@](O)(C[C@@H](O)C[C@@H](O)[C@H](O)CC[C@@H](O)C[C@@H](O)CC(=O)O[C@H]1C)C[C@H](O)[C@H]2NC(=O)NCCCO. The highest BCUT2D eigenvalue weighted by Crippen LogP contribution is 2.35. The predicted octanol–water partition coefficient (Wildman–Crippen LogP) is 0.0611. The van der Waals surface area contributed by atoms with Crippen molar-refractivity contribution in [3.8, 4) is 0 Å². The zero-order chi connectivity index (χ0) is 52.0. The van der Waals surface area contributed by atoms with E-state index in [0.717, 1.165) is 0 Å². The number of aliphatic hydroxyl groups excluding tert-OH is 10. The summed E-state index contributed by atoms with van der Waals surface area (Å²) in [6, 6.07) is -3.06. The third kappa shape index (κ3) is 21.2. The van der Waals surface area contributed by atoms with Gasteiger partial charge in [0.2, 0.25) is 0 Å². The average Bonchev–Trinajstić information content (AvgIpc) is 3.29. The van der Waals surface area contributed by atoms with Crippen LogP contribution in [0.3, 0.4) is 0 Å². The zero-order valence-corrected chi connectivity index (χ0v) is 40.7. The second-order valence-corrected chi connectivity index (χ2v) is 18.7. The molecule has 3 aliphatic rings. The monoisotopic (exact) mass is 996 g/mol. The van der Waals surface area contributed by atoms with Gasteiger partial charge < -0.3 is 91.5 Å². The van der Waals surface area contributed by atoms with Crippen molar-refractivity contribution >= 4 is 12.0 Å². The summed E-state index contributed by atoms with van der Waals surface area (Å²) in [5.74, 6) is -3.74. The molecule has 20 heteroatoms. The summed E-state index contributed by atoms with van der Waals surface area (Å²) in [4.78, 5) is 25.7. The van der Waals surface area contributed by atoms with E-state index in [1.807, 2.05) is 37.3 Å². The molecule has 0 aromatic rings. The quantitative estimate of drug-likeness (QED) is 0.124. The normalized spacial score (nSPS) is 43.0. The van der Waals surface area contributed by atoms with Gasteiger partial charge in [0.05, 0.1) is 85.6 Å². The maximum absolute atomic E-state index is 13.0. The van der Waals surface area contributed by atoms with Crippen molar-refractivity contribution < 1.29 is 84.7 Å². The second-order valence-electron chi connectivity index (χ2n) is 18.7. The first-order valence-electron chi connectivity index (χ1n) is 24.3. The number of nitrogens with one attached hydrogen (secondary N) is 2. The molecule has 2 bridgehead atoms. The summed E-state index contributed by atoms with van der Waals surface area (Å²) in [6.45, 7) is 6.69. The minimum atomic E-state index is -2.27. The van der Waals surface area contributed by atoms with Gasteiger partial charge in [-0.1, -0.05) is 98.9 Å². The average molecular weight is 996 g/mol. The van der Waals surface area contributed by atoms with Crippen LogP contribution in [0.2, 0.25) is 0 Å². The predicted molar refractivity (Wildman–Crippen MR) is 258 cm³/mol. The lowest BCUT2D eigenvalue weighted by Crippen LogP contribution is -2.64. The molecule has 2 amide bonds. The Kier molecular flexibility index (Phi) is 26.9. The summed E-state index contributed by atoms with van der Waals surface area (Å²) in [5, 5.41) is 124. The number of carbonyl (C=O) groups excluding carboxylic acids is 2. The number of allylic oxidation sites excluding steroid dienone is 12. The van der Waals surface area contributed by atoms with Crippen LogP contribution < -0.4 is 16.4 Å². The fourth-order valence-electron chi connectivity index (χ4n) is 8.32. The lowest BCUT2D eigenvalue weighted by molar-refractivity contribution is -0.303. The molecular formula is C50H81N3O17. The van der Waals surface area contributed by atoms with Crippen LogP contribution in [0.5, 0.6) is 0 Å². The van der Waals surface area contributed by atoms with Crippen LogP contribution in [-0.2, 0) is 23.7 Å². The third-order valence-corrected chi connectivity index (χ3v) is 12.7. The summed E-state index contributed by atoms with van der Waals surface area (Å²) in [7, 11) is 0. The van der Waals surface area contributed by atoms with Crippen LogP contribution in [0.1, 0.15) is 85.5 Å². The molecule has 0 aliphatic carbocycles. The Morgan fingerprint density at radius 3 is 1.93 bits per heavy atom. The van der Waals surface area contributed by atoms with Gasteiger partial charge in [-0.15, -0.1) is 0 Å². The Hall–Kier alpha value is -3.68. The van der Waals surface area contributed by atoms with E-state index in [2.05, 4.69) is 10.6 Å². The highest BCUT2D eigenvalue weighted by Gasteiger charge is 2.49. The number of carbonyl (C=O) groups is 2. The molecule has 2 fully saturated rings. The number of hydrogen-bond donors (Lipinski definition) is 14. The zero-order valence-electron chi connectivity index (χ0n) is 40.7. The molecule has 398 valence electrons. The molecule has 15 N–H and O–H groups in total. The summed E-state index contributed by atoms with van der Waals surface area (Å²) in [5.41, 5.74) is 6.09. The molecule has 0 radical (unpaired) electrons. The molecule has 0 spiro atoms. The molecule has 0 aromatic heterocycles. The van der Waals surface area contributed by atoms with Crippen molar-refractivity contribution in [2.75, 3.05) is 13.2 Å². The molecule has 19 atom stereocenters. The molecule has 0 unspecified atom stereocenters. The number of fused-ring (bicyclic) bond motifs is 2. The topological polar surface area (TPSA) is 344 Å². The molecule has 2 saturated heterocycles. The van der Waals surface area contributed by atoms with Gasteiger partial charge in [0.1, 0.15) is 12.2 Å². The number of hydrogen-bond acceptors (Lipinski definition) is 18. The number of cyclic esters (lactones) is 1. The van der Waals surface area contributed by atoms with Gasteiger partial charge in [-0.2, -0.15) is 0 Å². The maximum Gasteiger partial charge on any atom is 0.315 e. The first-order valence-corrected chi connectivity index (χ1v) is 24.3. The summed E-state index contributed by atoms with van der Waals surface area (Å²) >= 11 is 0. The minimum Gasteiger partial charge on any atom is -0.462 e. The van der Waals surface area contributed by atoms with Gasteiger partial charge >= 0.3 is 12.0 Å². The maximum atomic E-state index is 13.0. The van der Waals surface area contributed by atoms with Crippen LogP contribution in [0.4, 0.5) is 4.79 Å². The highest BCUT2D eigenvalue weighted by molar-refractivity contribution is 5.74. The van der Waals surface area contributed by atoms with Crippen molar-refractivity contribution in [3.05, 3.63) is 85.1 Å². The molecule has 3 rings (SSSR count). The lowest BCUT2D eigenvalue weighted by atomic mass is 9.87. The van der Waals surface area contributed by atoms with E-state index in [-0.39, 0.29) is 51.2 Å². The fraction of sp³-hybridized carbons (Fsp3) is 0.680. The Morgan fingerprint density at radius 2 is 1.31 bits per heavy atom. The number of aliphatic hydroxyl groups is 11. The van der Waals surface area contributed by atoms with Gasteiger partial charge in [0.25, 0.3) is 0 Å². The largest absolute Gasteiger partial charge is 0.462 e. The molecular weight excluding hydrogens is 915 g/mol. The van der Waals surface area contributed by atoms with E-state index < -0.39 is 147 Å². The van der Waals surface area contributed by atoms with Gasteiger partial charge in [-0.25, -0.2) is 4.79 Å². The van der Waals surface area contributed by atoms with Crippen LogP contribution >= 0.6 is 0 Å². The van der Waals surface area contributed by atoms with Crippen molar-refractivity contribution in [1.82, 2.24) is 10.6 Å². The van der Waals surface area contributed by atoms with Crippen LogP contribution in [-0.4, -0.2) is 185 Å². The van der Waals surface area contributed by atoms with Gasteiger partial charge in [0.15, 0.2) is 12.1 Å². The van der Waals surface area contributed by atoms with E-state index in [4.69, 9.17) is 24.7 Å². The third-order valence-electron chi connectivity index (χ3n) is 12.7. The Balaban J connectivity index is 1.92. The molecule has 70 heavy (non-hydrogen) atoms. The van der Waals surface area contributed by atoms with E-state index in [1.54, 1.807) is 75.5 Å². The molecule has 20 nitrogen and oxygen atoms in total. The number of nitrogens with two attached hydrogens (primary N) is 1. The van der Waals surface area contributed by atoms with Gasteiger partial charge in [0, 0.05) is 50.7 Å². The van der Waals surface area contributed by atoms with Crippen LogP contribution in [0.15, 0.2) is 85.1 Å². The molecule has 0 aromatic carbocycles. The number of rotatable bonds is 6. The van der Waals surface area contributed by atoms with Crippen LogP contribution in [0.25, 0.3) is 0 Å². The molecule has 3 aliphatic heterocycles. The van der Waals surface area contributed by atoms with Gasteiger partial charge in [-0.3, -0.25) is 4.79 Å². The van der Waals surface area contributed by atoms with Crippen molar-refractivity contribution in [3.63, 3.8) is 0 Å². The molecule has 0 saturated carbocycles. The van der Waals surface area contributed by atoms with Crippen molar-refractivity contribution in [2.24, 2.45) is 17.6 Å². The number of urea groups is 1. The fourth-order valence-corrected chi connectivity index (χ4v) is 8.32. The standard InChI is InChI=1S/C50H81N3O17/c1-30-18-15-13-11-9-7-5-6-8-10-12-14-16-19-37(69-48-47(64)43(51)46(63)33(4)68-48)27-41-44(53-49(65)52-22-17-23-54)40(60)29-50(66,70-41)28-36(57)25-39(59)38(58)21-20-34(55)24-35(56)26-42(61)67-32(3)31(2)45(30)62/h5-16,18-19,30-41,43-48,54-60,62-64,66H,17,20-29,51H2,1-4H3,(H2,52,53,65)/b6-5+,9-7+,10-8+,13-11+,14-12+,18-15+,19-16+/t30-,31-,32-,33+,34+,35+,36-,37-,38+,39+,40-,41-,43-,44+,45+,46+,47-,48-,50+/m0/s1. The Bertz CT molecular complexity index is 1760. The number of amides is 2. The molecule has 3 heterocycles. The van der Waals surface area contributed by atoms with Crippen LogP contribution in [0, 0.1) is 11.8 Å². The van der Waals surface area contributed by atoms with E-state index >= 15 is 0 Å². The first kappa shape index (κ1) is 60.6. The Morgan fingerprint density at radius 1 is 0.714 bits per heavy atom. The van der Waals surface area contributed by atoms with E-state index in [0.29, 0.717) is 0 Å². The Labute approximate surface area is 411 Å². The van der Waals surface area contributed by atoms with Gasteiger partial charge in [-0.05, 0) is 39.5 Å². The van der Waals surface area contributed by atoms with Crippen molar-refractivity contribution in [2.45, 2.75) is 189 Å². The van der Waals surface area contributed by atoms with E-state index in [1.165, 1.54) is 0 Å². The minimum absolute atomic E-state index is 0.0990. The number of ether oxygens (including phenoxy) is 4. The highest BCUT2D eigenvalue weighted by atomic mass is 16.7. The van der Waals surface area contributed by atoms with E-state index in [9.17, 15) is 65.8 Å². The van der Waals surface area contributed by atoms with Crippen molar-refractivity contribution in [1.29, 1.82) is 0 Å². The summed E-state index contributed by atoms with van der Waals surface area (Å²) < 4.78 is 23.7. The lowest BCUT2D eigenvalue weighted by Gasteiger charge is -2.46. The summed E-state index contributed by atoms with van der Waals surface area (Å²) in [6.07, 6.45) is 4.85. The second kappa shape index (κ2) is 31.0.